The molecular formula is C22H26N4O4. The van der Waals surface area contributed by atoms with Crippen LogP contribution in [0.1, 0.15) is 48.1 Å². The van der Waals surface area contributed by atoms with E-state index in [1.807, 2.05) is 31.2 Å². The molecule has 1 fully saturated rings. The normalized spacial score (nSPS) is 16.1. The fraction of sp³-hybridized carbons (Fsp3) is 0.364. The van der Waals surface area contributed by atoms with Crippen LogP contribution in [0.3, 0.4) is 0 Å². The lowest BCUT2D eigenvalue weighted by atomic mass is 10.1. The quantitative estimate of drug-likeness (QED) is 0.701. The molecule has 8 nitrogen and oxygen atoms in total. The van der Waals surface area contributed by atoms with Gasteiger partial charge in [0, 0.05) is 18.7 Å². The number of carbonyl (C=O) groups excluding carboxylic acids is 2. The number of rotatable bonds is 5. The van der Waals surface area contributed by atoms with E-state index in [2.05, 4.69) is 15.5 Å². The highest BCUT2D eigenvalue weighted by atomic mass is 16.7. The van der Waals surface area contributed by atoms with Crippen LogP contribution in [0.5, 0.6) is 11.5 Å². The first kappa shape index (κ1) is 19.9. The number of anilines is 2. The Kier molecular flexibility index (Phi) is 5.65. The number of primary amides is 1. The van der Waals surface area contributed by atoms with E-state index >= 15 is 0 Å². The van der Waals surface area contributed by atoms with Gasteiger partial charge in [-0.3, -0.25) is 4.79 Å². The van der Waals surface area contributed by atoms with Gasteiger partial charge >= 0.3 is 6.03 Å². The third kappa shape index (κ3) is 4.27. The third-order valence-corrected chi connectivity index (χ3v) is 5.47. The summed E-state index contributed by atoms with van der Waals surface area (Å²) in [6.07, 6.45) is 3.40. The zero-order chi connectivity index (χ0) is 21.1. The molecule has 4 rings (SSSR count). The number of nitrogens with one attached hydrogen (secondary N) is 2. The van der Waals surface area contributed by atoms with Gasteiger partial charge in [0.25, 0.3) is 0 Å². The first-order chi connectivity index (χ1) is 14.5. The number of nitrogens with zero attached hydrogens (tertiary/aromatic N) is 1. The van der Waals surface area contributed by atoms with Crippen LogP contribution in [-0.4, -0.2) is 31.8 Å². The third-order valence-electron chi connectivity index (χ3n) is 5.47. The van der Waals surface area contributed by atoms with Crippen LogP contribution in [0.2, 0.25) is 0 Å². The number of piperidine rings is 1. The molecule has 4 N–H and O–H groups in total. The van der Waals surface area contributed by atoms with Crippen molar-refractivity contribution >= 4 is 23.3 Å². The molecule has 8 heteroatoms. The van der Waals surface area contributed by atoms with Gasteiger partial charge in [-0.1, -0.05) is 6.07 Å². The van der Waals surface area contributed by atoms with E-state index in [-0.39, 0.29) is 18.9 Å². The van der Waals surface area contributed by atoms with Crippen molar-refractivity contribution in [1.82, 2.24) is 5.32 Å². The molecule has 2 aromatic rings. The maximum Gasteiger partial charge on any atom is 0.319 e. The molecule has 158 valence electrons. The Morgan fingerprint density at radius 1 is 1.03 bits per heavy atom. The molecule has 0 spiro atoms. The minimum atomic E-state index is -0.530. The monoisotopic (exact) mass is 410 g/mol. The first-order valence-electron chi connectivity index (χ1n) is 10.2. The molecule has 0 radical (unpaired) electrons. The molecule has 3 amide bonds. The van der Waals surface area contributed by atoms with Crippen molar-refractivity contribution in [2.24, 2.45) is 5.73 Å². The number of hydrogen-bond donors (Lipinski definition) is 3. The minimum Gasteiger partial charge on any atom is -0.454 e. The molecule has 0 saturated carbocycles. The number of fused-ring (bicyclic) bond motifs is 1. The second-order valence-electron chi connectivity index (χ2n) is 7.58. The number of carbonyl (C=O) groups is 2. The smallest absolute Gasteiger partial charge is 0.319 e. The van der Waals surface area contributed by atoms with Gasteiger partial charge in [0.2, 0.25) is 12.7 Å². The van der Waals surface area contributed by atoms with Crippen LogP contribution in [0.25, 0.3) is 0 Å². The number of nitrogens with two attached hydrogens (primary N) is 1. The molecule has 1 atom stereocenters. The number of benzene rings is 2. The Bertz CT molecular complexity index is 956. The molecule has 1 saturated heterocycles. The topological polar surface area (TPSA) is 106 Å². The maximum absolute atomic E-state index is 12.7. The Hall–Kier alpha value is -3.42. The fourth-order valence-corrected chi connectivity index (χ4v) is 3.82. The van der Waals surface area contributed by atoms with Gasteiger partial charge in [0.15, 0.2) is 11.5 Å². The largest absolute Gasteiger partial charge is 0.454 e. The molecule has 2 aromatic carbocycles. The van der Waals surface area contributed by atoms with Crippen molar-refractivity contribution in [2.75, 3.05) is 30.1 Å². The predicted octanol–water partition coefficient (Wildman–Crippen LogP) is 3.39. The van der Waals surface area contributed by atoms with Gasteiger partial charge in [-0.05, 0) is 62.1 Å². The molecule has 2 aliphatic rings. The van der Waals surface area contributed by atoms with E-state index in [0.29, 0.717) is 22.7 Å². The van der Waals surface area contributed by atoms with Crippen LogP contribution >= 0.6 is 0 Å². The van der Waals surface area contributed by atoms with E-state index in [4.69, 9.17) is 15.2 Å². The molecule has 2 heterocycles. The van der Waals surface area contributed by atoms with Gasteiger partial charge < -0.3 is 30.7 Å². The highest BCUT2D eigenvalue weighted by Gasteiger charge is 2.20. The van der Waals surface area contributed by atoms with Gasteiger partial charge in [-0.15, -0.1) is 0 Å². The van der Waals surface area contributed by atoms with Crippen molar-refractivity contribution in [3.8, 4) is 11.5 Å². The average molecular weight is 410 g/mol. The Morgan fingerprint density at radius 3 is 2.57 bits per heavy atom. The van der Waals surface area contributed by atoms with Crippen LogP contribution in [0.4, 0.5) is 16.2 Å². The predicted molar refractivity (Wildman–Crippen MR) is 114 cm³/mol. The highest BCUT2D eigenvalue weighted by Crippen LogP contribution is 2.34. The van der Waals surface area contributed by atoms with Crippen LogP contribution in [0, 0.1) is 0 Å². The summed E-state index contributed by atoms with van der Waals surface area (Å²) in [6.45, 7) is 3.93. The molecule has 1 unspecified atom stereocenters. The molecule has 0 bridgehead atoms. The first-order valence-corrected chi connectivity index (χ1v) is 10.2. The number of ether oxygens (including phenoxy) is 2. The van der Waals surface area contributed by atoms with E-state index in [9.17, 15) is 9.59 Å². The molecule has 0 aliphatic carbocycles. The summed E-state index contributed by atoms with van der Waals surface area (Å²) in [6, 6.07) is 10.2. The van der Waals surface area contributed by atoms with Crippen molar-refractivity contribution < 1.29 is 19.1 Å². The van der Waals surface area contributed by atoms with Crippen LogP contribution < -0.4 is 30.7 Å². The zero-order valence-electron chi connectivity index (χ0n) is 16.9. The highest BCUT2D eigenvalue weighted by molar-refractivity contribution is 5.99. The Balaban J connectivity index is 1.49. The Labute approximate surface area is 175 Å². The SMILES string of the molecule is CC(NC(=O)Nc1cc(C(N)=O)ccc1N1CCCCC1)c1ccc2c(c1)OCO2. The second kappa shape index (κ2) is 8.52. The van der Waals surface area contributed by atoms with Gasteiger partial charge in [-0.25, -0.2) is 4.79 Å². The van der Waals surface area contributed by atoms with Gasteiger partial charge in [0.1, 0.15) is 0 Å². The van der Waals surface area contributed by atoms with E-state index in [0.717, 1.165) is 37.2 Å². The molecule has 2 aliphatic heterocycles. The van der Waals surface area contributed by atoms with E-state index in [1.165, 1.54) is 6.42 Å². The lowest BCUT2D eigenvalue weighted by molar-refractivity contribution is 0.1000. The Morgan fingerprint density at radius 2 is 1.80 bits per heavy atom. The van der Waals surface area contributed by atoms with Crippen molar-refractivity contribution in [2.45, 2.75) is 32.2 Å². The molecule has 0 aromatic heterocycles. The van der Waals surface area contributed by atoms with Gasteiger partial charge in [-0.2, -0.15) is 0 Å². The van der Waals surface area contributed by atoms with Crippen LogP contribution in [-0.2, 0) is 0 Å². The summed E-state index contributed by atoms with van der Waals surface area (Å²) >= 11 is 0. The van der Waals surface area contributed by atoms with Crippen molar-refractivity contribution in [1.29, 1.82) is 0 Å². The zero-order valence-corrected chi connectivity index (χ0v) is 16.9. The fourth-order valence-electron chi connectivity index (χ4n) is 3.82. The van der Waals surface area contributed by atoms with Crippen molar-refractivity contribution in [3.63, 3.8) is 0 Å². The minimum absolute atomic E-state index is 0.205. The summed E-state index contributed by atoms with van der Waals surface area (Å²) in [5.41, 5.74) is 8.16. The lowest BCUT2D eigenvalue weighted by Gasteiger charge is -2.31. The van der Waals surface area contributed by atoms with E-state index < -0.39 is 5.91 Å². The standard InChI is InChI=1S/C22H26N4O4/c1-14(15-6-8-19-20(12-15)30-13-29-19)24-22(28)25-17-11-16(21(23)27)5-7-18(17)26-9-3-2-4-10-26/h5-8,11-12,14H,2-4,9-10,13H2,1H3,(H2,23,27)(H2,24,25,28). The summed E-state index contributed by atoms with van der Waals surface area (Å²) in [7, 11) is 0. The number of hydrogen-bond acceptors (Lipinski definition) is 5. The second-order valence-corrected chi connectivity index (χ2v) is 7.58. The number of amides is 3. The van der Waals surface area contributed by atoms with Crippen LogP contribution in [0.15, 0.2) is 36.4 Å². The summed E-state index contributed by atoms with van der Waals surface area (Å²) in [5, 5.41) is 5.83. The number of urea groups is 1. The molecular weight excluding hydrogens is 384 g/mol. The lowest BCUT2D eigenvalue weighted by Crippen LogP contribution is -2.34. The summed E-state index contributed by atoms with van der Waals surface area (Å²) in [4.78, 5) is 26.6. The maximum atomic E-state index is 12.7. The van der Waals surface area contributed by atoms with Crippen molar-refractivity contribution in [3.05, 3.63) is 47.5 Å². The average Bonchev–Trinajstić information content (AvgIpc) is 3.22. The van der Waals surface area contributed by atoms with E-state index in [1.54, 1.807) is 12.1 Å². The molecule has 30 heavy (non-hydrogen) atoms. The summed E-state index contributed by atoms with van der Waals surface area (Å²) in [5.74, 6) is 0.838. The summed E-state index contributed by atoms with van der Waals surface area (Å²) < 4.78 is 10.7. The van der Waals surface area contributed by atoms with Gasteiger partial charge in [0.05, 0.1) is 17.4 Å².